The molecular weight excluding hydrogens is 306 g/mol. The zero-order valence-corrected chi connectivity index (χ0v) is 13.8. The second-order valence-electron chi connectivity index (χ2n) is 7.36. The van der Waals surface area contributed by atoms with Gasteiger partial charge >= 0.3 is 5.69 Å². The Bertz CT molecular complexity index is 815. The Morgan fingerprint density at radius 2 is 2.29 bits per heavy atom. The summed E-state index contributed by atoms with van der Waals surface area (Å²) >= 11 is 0. The maximum absolute atomic E-state index is 10.6. The normalized spacial score (nSPS) is 38.2. The lowest BCUT2D eigenvalue weighted by Crippen LogP contribution is -2.64. The number of likely N-dealkylation sites (N-methyl/N-ethyl adjacent to an activating group) is 1. The highest BCUT2D eigenvalue weighted by Crippen LogP contribution is 2.63. The van der Waals surface area contributed by atoms with Gasteiger partial charge in [0, 0.05) is 22.9 Å². The van der Waals surface area contributed by atoms with Crippen molar-refractivity contribution in [3.8, 4) is 11.5 Å². The topological polar surface area (TPSA) is 70.1 Å². The molecule has 1 aromatic rings. The smallest absolute Gasteiger partial charge is 0.392 e. The van der Waals surface area contributed by atoms with Crippen LogP contribution in [0.3, 0.4) is 0 Å². The van der Waals surface area contributed by atoms with Gasteiger partial charge in [0.15, 0.2) is 16.5 Å². The fraction of sp³-hybridized carbons (Fsp3) is 0.556. The third kappa shape index (κ3) is 1.41. The number of methoxy groups -OCH3 is 1. The summed E-state index contributed by atoms with van der Waals surface area (Å²) in [5.41, 5.74) is 2.42. The number of ether oxygens (including phenoxy) is 2. The van der Waals surface area contributed by atoms with Crippen LogP contribution in [-0.4, -0.2) is 49.0 Å². The van der Waals surface area contributed by atoms with Crippen LogP contribution in [0.25, 0.3) is 4.98 Å². The van der Waals surface area contributed by atoms with E-state index in [1.807, 2.05) is 6.08 Å². The van der Waals surface area contributed by atoms with Gasteiger partial charge in [-0.25, -0.2) is 0 Å². The fourth-order valence-electron chi connectivity index (χ4n) is 5.53. The van der Waals surface area contributed by atoms with Gasteiger partial charge in [-0.1, -0.05) is 12.2 Å². The number of aliphatic hydroxyl groups is 1. The van der Waals surface area contributed by atoms with Gasteiger partial charge in [0.1, 0.15) is 12.2 Å². The molecule has 6 heteroatoms. The van der Waals surface area contributed by atoms with Crippen LogP contribution in [0.1, 0.15) is 17.5 Å². The van der Waals surface area contributed by atoms with Gasteiger partial charge < -0.3 is 19.5 Å². The largest absolute Gasteiger partial charge is 0.493 e. The van der Waals surface area contributed by atoms with Crippen LogP contribution < -0.4 is 9.47 Å². The van der Waals surface area contributed by atoms with Gasteiger partial charge in [0.2, 0.25) is 5.39 Å². The number of nitrogens with zero attached hydrogens (tertiary/aromatic N) is 3. The minimum Gasteiger partial charge on any atom is -0.493 e. The molecule has 2 heterocycles. The summed E-state index contributed by atoms with van der Waals surface area (Å²) in [5, 5.41) is 20.2. The maximum Gasteiger partial charge on any atom is 0.392 e. The molecule has 0 aromatic heterocycles. The molecule has 1 aromatic carbocycles. The Kier molecular flexibility index (Phi) is 2.67. The summed E-state index contributed by atoms with van der Waals surface area (Å²) in [7, 11) is 3.74. The predicted octanol–water partition coefficient (Wildman–Crippen LogP) is 1.99. The number of hydrogen-bond donors (Lipinski definition) is 1. The Hall–Kier alpha value is -2.10. The van der Waals surface area contributed by atoms with Crippen molar-refractivity contribution in [3.63, 3.8) is 0 Å². The Morgan fingerprint density at radius 1 is 1.46 bits per heavy atom. The summed E-state index contributed by atoms with van der Waals surface area (Å²) < 4.78 is 11.8. The minimum atomic E-state index is -0.636. The molecule has 2 aliphatic carbocycles. The summed E-state index contributed by atoms with van der Waals surface area (Å²) in [5.74, 6) is 1.59. The van der Waals surface area contributed by atoms with Crippen LogP contribution in [0.2, 0.25) is 0 Å². The molecule has 24 heavy (non-hydrogen) atoms. The maximum atomic E-state index is 10.6. The summed E-state index contributed by atoms with van der Waals surface area (Å²) in [4.78, 5) is 5.90. The van der Waals surface area contributed by atoms with Crippen LogP contribution in [0, 0.1) is 11.3 Å². The second-order valence-corrected chi connectivity index (χ2v) is 7.36. The van der Waals surface area contributed by atoms with Gasteiger partial charge in [0.25, 0.3) is 0 Å². The molecular formula is C18H20N3O3+. The Labute approximate surface area is 140 Å². The lowest BCUT2D eigenvalue weighted by Gasteiger charge is -2.56. The molecule has 6 nitrogen and oxygen atoms in total. The fourth-order valence-corrected chi connectivity index (χ4v) is 5.53. The van der Waals surface area contributed by atoms with E-state index in [0.717, 1.165) is 36.3 Å². The second kappa shape index (κ2) is 4.50. The molecule has 1 N–H and O–H groups in total. The quantitative estimate of drug-likeness (QED) is 0.631. The molecule has 5 atom stereocenters. The molecule has 1 fully saturated rings. The first kappa shape index (κ1) is 14.3. The van der Waals surface area contributed by atoms with Gasteiger partial charge in [-0.2, -0.15) is 0 Å². The van der Waals surface area contributed by atoms with E-state index in [9.17, 15) is 10.5 Å². The van der Waals surface area contributed by atoms with Crippen LogP contribution in [0.5, 0.6) is 11.5 Å². The van der Waals surface area contributed by atoms with Crippen molar-refractivity contribution >= 4 is 5.69 Å². The summed E-state index contributed by atoms with van der Waals surface area (Å²) in [6, 6.07) is 2.05. The third-order valence-corrected chi connectivity index (χ3v) is 6.57. The number of piperidine rings is 1. The van der Waals surface area contributed by atoms with Gasteiger partial charge in [-0.05, 0) is 26.4 Å². The molecule has 0 saturated carbocycles. The molecule has 1 saturated heterocycles. The van der Waals surface area contributed by atoms with Gasteiger partial charge in [-0.15, -0.1) is 0 Å². The minimum absolute atomic E-state index is 0.262. The number of benzene rings is 1. The van der Waals surface area contributed by atoms with Gasteiger partial charge in [0.05, 0.1) is 18.7 Å². The van der Waals surface area contributed by atoms with E-state index in [1.165, 1.54) is 0 Å². The summed E-state index contributed by atoms with van der Waals surface area (Å²) in [6.07, 6.45) is 4.82. The zero-order valence-electron chi connectivity index (χ0n) is 13.8. The first-order valence-corrected chi connectivity index (χ1v) is 8.44. The SMILES string of the molecule is COc1cc([N+]#N)c2c3c1O[C@H]1[C@@H](O)C=C[C@H]4[C@@H](C2)N(C)CC[C@@]341. The zero-order chi connectivity index (χ0) is 16.6. The predicted molar refractivity (Wildman–Crippen MR) is 87.2 cm³/mol. The van der Waals surface area contributed by atoms with Crippen LogP contribution in [0.15, 0.2) is 18.2 Å². The standard InChI is InChI=1S/C18H20N3O3/c1-21-6-5-18-10-3-4-13(22)17(18)24-16-14(23-2)8-11(20-19)9(15(16)18)7-12(10)21/h3-4,8,10,12-13,17,22H,5-7H2,1-2H3/q+1/t10-,12+,13-,17-,18-/m0/s1. The van der Waals surface area contributed by atoms with E-state index in [1.54, 1.807) is 13.2 Å². The number of rotatable bonds is 1. The number of likely N-dealkylation sites (tertiary alicyclic amines) is 1. The third-order valence-electron chi connectivity index (χ3n) is 6.57. The molecule has 4 aliphatic rings. The highest BCUT2D eigenvalue weighted by atomic mass is 16.5. The molecule has 0 amide bonds. The highest BCUT2D eigenvalue weighted by molar-refractivity contribution is 5.72. The van der Waals surface area contributed by atoms with Crippen LogP contribution in [0.4, 0.5) is 5.69 Å². The van der Waals surface area contributed by atoms with Crippen molar-refractivity contribution in [3.05, 3.63) is 34.3 Å². The molecule has 2 bridgehead atoms. The first-order valence-electron chi connectivity index (χ1n) is 8.44. The lowest BCUT2D eigenvalue weighted by atomic mass is 9.53. The highest BCUT2D eigenvalue weighted by Gasteiger charge is 2.65. The van der Waals surface area contributed by atoms with Crippen molar-refractivity contribution in [2.75, 3.05) is 20.7 Å². The van der Waals surface area contributed by atoms with E-state index in [4.69, 9.17) is 9.47 Å². The Balaban J connectivity index is 1.87. The number of hydrogen-bond acceptors (Lipinski definition) is 5. The average molecular weight is 326 g/mol. The van der Waals surface area contributed by atoms with Crippen molar-refractivity contribution < 1.29 is 14.6 Å². The van der Waals surface area contributed by atoms with Crippen LogP contribution in [-0.2, 0) is 11.8 Å². The molecule has 2 aliphatic heterocycles. The van der Waals surface area contributed by atoms with Crippen molar-refractivity contribution in [1.29, 1.82) is 5.39 Å². The van der Waals surface area contributed by atoms with E-state index in [0.29, 0.717) is 17.5 Å². The lowest BCUT2D eigenvalue weighted by molar-refractivity contribution is -0.0452. The molecule has 1 spiro atoms. The van der Waals surface area contributed by atoms with Crippen molar-refractivity contribution in [2.24, 2.45) is 5.92 Å². The number of diazo groups is 1. The van der Waals surface area contributed by atoms with Gasteiger partial charge in [-0.3, -0.25) is 0 Å². The Morgan fingerprint density at radius 3 is 3.04 bits per heavy atom. The van der Waals surface area contributed by atoms with E-state index in [2.05, 4.69) is 23.0 Å². The molecule has 0 radical (unpaired) electrons. The number of aliphatic hydroxyl groups excluding tert-OH is 1. The monoisotopic (exact) mass is 326 g/mol. The summed E-state index contributed by atoms with van der Waals surface area (Å²) in [6.45, 7) is 0.962. The van der Waals surface area contributed by atoms with Crippen molar-refractivity contribution in [2.45, 2.75) is 36.5 Å². The molecule has 5 rings (SSSR count). The van der Waals surface area contributed by atoms with Crippen LogP contribution >= 0.6 is 0 Å². The van der Waals surface area contributed by atoms with E-state index >= 15 is 0 Å². The van der Waals surface area contributed by atoms with E-state index < -0.39 is 6.10 Å². The van der Waals surface area contributed by atoms with Crippen molar-refractivity contribution in [1.82, 2.24) is 4.90 Å². The molecule has 0 unspecified atom stereocenters. The van der Waals surface area contributed by atoms with E-state index in [-0.39, 0.29) is 17.4 Å². The average Bonchev–Trinajstić information content (AvgIpc) is 2.94. The first-order chi connectivity index (χ1) is 11.6. The molecule has 124 valence electrons.